The normalized spacial score (nSPS) is 26.5. The fourth-order valence-corrected chi connectivity index (χ4v) is 5.51. The molecular formula is C23H34Cl2N4O2. The average molecular weight is 469 g/mol. The van der Waals surface area contributed by atoms with Gasteiger partial charge in [-0.25, -0.2) is 4.79 Å². The first-order valence-electron chi connectivity index (χ1n) is 11.5. The van der Waals surface area contributed by atoms with Gasteiger partial charge in [0.2, 0.25) is 0 Å². The first-order chi connectivity index (χ1) is 14.8. The zero-order valence-electron chi connectivity index (χ0n) is 18.3. The predicted octanol–water partition coefficient (Wildman–Crippen LogP) is 3.84. The van der Waals surface area contributed by atoms with Crippen LogP contribution in [0.5, 0.6) is 0 Å². The summed E-state index contributed by atoms with van der Waals surface area (Å²) >= 11 is 12.6. The molecule has 2 amide bonds. The highest BCUT2D eigenvalue weighted by Crippen LogP contribution is 2.33. The van der Waals surface area contributed by atoms with E-state index in [0.717, 1.165) is 57.2 Å². The van der Waals surface area contributed by atoms with Crippen LogP contribution in [0.15, 0.2) is 18.2 Å². The summed E-state index contributed by atoms with van der Waals surface area (Å²) < 4.78 is 0. The number of carbonyl (C=O) groups excluding carboxylic acids is 1. The van der Waals surface area contributed by atoms with E-state index in [2.05, 4.69) is 15.1 Å². The van der Waals surface area contributed by atoms with Crippen LogP contribution in [0.4, 0.5) is 10.5 Å². The molecule has 6 nitrogen and oxygen atoms in total. The molecule has 2 N–H and O–H groups in total. The van der Waals surface area contributed by atoms with E-state index in [9.17, 15) is 9.90 Å². The fourth-order valence-electron chi connectivity index (χ4n) is 5.10. The van der Waals surface area contributed by atoms with Crippen molar-refractivity contribution in [1.29, 1.82) is 0 Å². The van der Waals surface area contributed by atoms with Crippen LogP contribution in [-0.4, -0.2) is 78.4 Å². The molecule has 0 radical (unpaired) electrons. The van der Waals surface area contributed by atoms with E-state index in [4.69, 9.17) is 23.2 Å². The quantitative estimate of drug-likeness (QED) is 0.688. The van der Waals surface area contributed by atoms with Gasteiger partial charge in [-0.1, -0.05) is 29.3 Å². The number of β-amino-alcohol motifs (C(OH)–C–C–N with tert-alkyl or cyclic N) is 1. The molecule has 3 aliphatic rings. The van der Waals surface area contributed by atoms with Gasteiger partial charge in [-0.05, 0) is 63.6 Å². The van der Waals surface area contributed by atoms with Crippen molar-refractivity contribution in [1.82, 2.24) is 15.1 Å². The molecule has 2 aliphatic heterocycles. The van der Waals surface area contributed by atoms with Gasteiger partial charge in [0.15, 0.2) is 0 Å². The van der Waals surface area contributed by atoms with Crippen molar-refractivity contribution in [2.45, 2.75) is 50.7 Å². The molecule has 1 aliphatic carbocycles. The topological polar surface area (TPSA) is 59.1 Å². The number of amides is 2. The molecule has 0 aromatic heterocycles. The fraction of sp³-hybridized carbons (Fsp3) is 0.696. The number of nitrogens with zero attached hydrogens (tertiary/aromatic N) is 3. The van der Waals surface area contributed by atoms with Crippen LogP contribution in [0, 0.1) is 5.92 Å². The second-order valence-corrected chi connectivity index (χ2v) is 10.5. The number of benzene rings is 1. The molecule has 0 atom stereocenters. The Labute approximate surface area is 195 Å². The Balaban J connectivity index is 1.13. The maximum Gasteiger partial charge on any atom is 0.317 e. The van der Waals surface area contributed by atoms with Crippen LogP contribution in [-0.2, 0) is 0 Å². The number of halogens is 2. The van der Waals surface area contributed by atoms with Gasteiger partial charge in [-0.2, -0.15) is 0 Å². The Bertz CT molecular complexity index is 767. The number of hydrogen-bond acceptors (Lipinski definition) is 4. The minimum atomic E-state index is -0.707. The summed E-state index contributed by atoms with van der Waals surface area (Å²) in [7, 11) is 0. The lowest BCUT2D eigenvalue weighted by molar-refractivity contribution is -0.0612. The molecule has 1 aromatic carbocycles. The van der Waals surface area contributed by atoms with Gasteiger partial charge >= 0.3 is 6.03 Å². The van der Waals surface area contributed by atoms with Crippen molar-refractivity contribution in [2.75, 3.05) is 50.7 Å². The monoisotopic (exact) mass is 468 g/mol. The molecule has 0 unspecified atom stereocenters. The maximum absolute atomic E-state index is 12.2. The van der Waals surface area contributed by atoms with Gasteiger partial charge in [-0.3, -0.25) is 4.90 Å². The molecule has 1 saturated carbocycles. The molecule has 2 heterocycles. The van der Waals surface area contributed by atoms with Gasteiger partial charge in [-0.15, -0.1) is 0 Å². The summed E-state index contributed by atoms with van der Waals surface area (Å²) in [6, 6.07) is 6.10. The molecule has 8 heteroatoms. The highest BCUT2D eigenvalue weighted by atomic mass is 35.5. The second kappa shape index (κ2) is 9.74. The summed E-state index contributed by atoms with van der Waals surface area (Å²) in [5.41, 5.74) is 0.331. The van der Waals surface area contributed by atoms with Crippen LogP contribution >= 0.6 is 23.2 Å². The van der Waals surface area contributed by atoms with Crippen molar-refractivity contribution in [3.63, 3.8) is 0 Å². The summed E-state index contributed by atoms with van der Waals surface area (Å²) in [6.45, 7) is 7.83. The van der Waals surface area contributed by atoms with Crippen molar-refractivity contribution >= 4 is 34.9 Å². The summed E-state index contributed by atoms with van der Waals surface area (Å²) in [5, 5.41) is 14.2. The third-order valence-electron chi connectivity index (χ3n) is 7.02. The molecule has 31 heavy (non-hydrogen) atoms. The summed E-state index contributed by atoms with van der Waals surface area (Å²) in [6.07, 6.45) is 5.71. The van der Waals surface area contributed by atoms with E-state index < -0.39 is 5.60 Å². The third kappa shape index (κ3) is 5.78. The van der Waals surface area contributed by atoms with Crippen molar-refractivity contribution in [3.05, 3.63) is 28.2 Å². The Morgan fingerprint density at radius 1 is 1.13 bits per heavy atom. The largest absolute Gasteiger partial charge is 0.386 e. The lowest BCUT2D eigenvalue weighted by Crippen LogP contribution is -2.64. The van der Waals surface area contributed by atoms with E-state index >= 15 is 0 Å². The third-order valence-corrected chi connectivity index (χ3v) is 7.83. The number of carbonyl (C=O) groups is 1. The number of urea groups is 1. The molecule has 0 spiro atoms. The molecule has 172 valence electrons. The van der Waals surface area contributed by atoms with Crippen LogP contribution < -0.4 is 10.2 Å². The molecule has 1 aromatic rings. The predicted molar refractivity (Wildman–Crippen MR) is 126 cm³/mol. The lowest BCUT2D eigenvalue weighted by Gasteiger charge is -2.44. The van der Waals surface area contributed by atoms with Crippen LogP contribution in [0.3, 0.4) is 0 Å². The van der Waals surface area contributed by atoms with Crippen LogP contribution in [0.25, 0.3) is 0 Å². The zero-order valence-corrected chi connectivity index (χ0v) is 19.8. The van der Waals surface area contributed by atoms with Crippen molar-refractivity contribution in [2.24, 2.45) is 5.92 Å². The Hall–Kier alpha value is -1.21. The van der Waals surface area contributed by atoms with E-state index in [1.807, 2.05) is 18.2 Å². The SMILES string of the molecule is CC1(O)CN(C(=O)NC2CCC(CCN3CCN(c4cccc(Cl)c4Cl)CC3)CC2)C1. The molecule has 3 fully saturated rings. The first-order valence-corrected chi connectivity index (χ1v) is 12.3. The number of aliphatic hydroxyl groups is 1. The Kier molecular flexibility index (Phi) is 7.21. The lowest BCUT2D eigenvalue weighted by atomic mass is 9.84. The number of hydrogen-bond donors (Lipinski definition) is 2. The van der Waals surface area contributed by atoms with E-state index in [0.29, 0.717) is 23.1 Å². The number of nitrogens with one attached hydrogen (secondary N) is 1. The summed E-state index contributed by atoms with van der Waals surface area (Å²) in [4.78, 5) is 18.8. The van der Waals surface area contributed by atoms with E-state index in [1.54, 1.807) is 11.8 Å². The summed E-state index contributed by atoms with van der Waals surface area (Å²) in [5.74, 6) is 0.748. The first kappa shape index (κ1) is 23.0. The van der Waals surface area contributed by atoms with Gasteiger partial charge in [0.1, 0.15) is 0 Å². The van der Waals surface area contributed by atoms with Gasteiger partial charge in [0.05, 0.1) is 34.4 Å². The molecule has 2 saturated heterocycles. The van der Waals surface area contributed by atoms with Crippen LogP contribution in [0.1, 0.15) is 39.0 Å². The minimum Gasteiger partial charge on any atom is -0.386 e. The van der Waals surface area contributed by atoms with Gasteiger partial charge < -0.3 is 20.2 Å². The number of likely N-dealkylation sites (tertiary alicyclic amines) is 1. The molecule has 4 rings (SSSR count). The Morgan fingerprint density at radius 3 is 2.45 bits per heavy atom. The van der Waals surface area contributed by atoms with Gasteiger partial charge in [0.25, 0.3) is 0 Å². The van der Waals surface area contributed by atoms with Crippen LogP contribution in [0.2, 0.25) is 10.0 Å². The molecular weight excluding hydrogens is 435 g/mol. The highest BCUT2D eigenvalue weighted by Gasteiger charge is 2.40. The number of anilines is 1. The maximum atomic E-state index is 12.2. The van der Waals surface area contributed by atoms with E-state index in [1.165, 1.54) is 19.3 Å². The minimum absolute atomic E-state index is 0.0207. The number of piperazine rings is 1. The standard InChI is InChI=1S/C23H34Cl2N4O2/c1-23(31)15-29(16-23)22(30)26-18-7-5-17(6-8-18)9-10-27-11-13-28(14-12-27)20-4-2-3-19(24)21(20)25/h2-4,17-18,31H,5-16H2,1H3,(H,26,30). The van der Waals surface area contributed by atoms with Crippen molar-refractivity contribution in [3.8, 4) is 0 Å². The molecule has 0 bridgehead atoms. The zero-order chi connectivity index (χ0) is 22.0. The smallest absolute Gasteiger partial charge is 0.317 e. The van der Waals surface area contributed by atoms with E-state index in [-0.39, 0.29) is 12.1 Å². The second-order valence-electron chi connectivity index (χ2n) is 9.71. The Morgan fingerprint density at radius 2 is 1.81 bits per heavy atom. The number of rotatable bonds is 5. The highest BCUT2D eigenvalue weighted by molar-refractivity contribution is 6.43. The van der Waals surface area contributed by atoms with Gasteiger partial charge in [0, 0.05) is 32.2 Å². The average Bonchev–Trinajstić information content (AvgIpc) is 2.74. The van der Waals surface area contributed by atoms with Crippen molar-refractivity contribution < 1.29 is 9.90 Å².